The van der Waals surface area contributed by atoms with Crippen LogP contribution in [0.5, 0.6) is 0 Å². The summed E-state index contributed by atoms with van der Waals surface area (Å²) in [6, 6.07) is 28.9. The second-order valence-electron chi connectivity index (χ2n) is 6.94. The van der Waals surface area contributed by atoms with Crippen LogP contribution in [-0.4, -0.2) is 26.9 Å². The fraction of sp³-hybridized carbons (Fsp3) is 0. The largest absolute Gasteiger partial charge is 0.412 e. The average Bonchev–Trinajstić information content (AvgIpc) is 2.89. The highest BCUT2D eigenvalue weighted by Gasteiger charge is 2.20. The average molecular weight is 472 g/mol. The van der Waals surface area contributed by atoms with Crippen molar-refractivity contribution in [2.45, 2.75) is 0 Å². The van der Waals surface area contributed by atoms with Gasteiger partial charge in [-0.15, -0.1) is 0 Å². The van der Waals surface area contributed by atoms with Crippen LogP contribution in [0.2, 0.25) is 0 Å². The van der Waals surface area contributed by atoms with E-state index in [0.29, 0.717) is 11.1 Å². The molecule has 0 atom stereocenters. The molecule has 2 N–H and O–H groups in total. The molecule has 0 aromatic heterocycles. The molecule has 0 fully saturated rings. The summed E-state index contributed by atoms with van der Waals surface area (Å²) in [4.78, 5) is 44.7. The number of benzene rings is 4. The minimum Gasteiger partial charge on any atom is -0.412 e. The first kappa shape index (κ1) is 26.2. The summed E-state index contributed by atoms with van der Waals surface area (Å²) in [6.45, 7) is 0. The Labute approximate surface area is 199 Å². The van der Waals surface area contributed by atoms with E-state index in [1.165, 1.54) is 24.3 Å². The number of para-hydroxylation sites is 2. The molecule has 176 valence electrons. The molecule has 0 aliphatic heterocycles. The molecular formula is C26H20N2O7. The van der Waals surface area contributed by atoms with Gasteiger partial charge in [0.05, 0.1) is 9.85 Å². The SMILES string of the molecule is O.O=C(c1ccccc1)c1ccccc1[N+](=O)[O-].O=C(c1ccccc1)c1ccccc1[N+](=O)[O-]. The van der Waals surface area contributed by atoms with E-state index >= 15 is 0 Å². The summed E-state index contributed by atoms with van der Waals surface area (Å²) in [5.41, 5.74) is 0.790. The van der Waals surface area contributed by atoms with Gasteiger partial charge < -0.3 is 5.48 Å². The maximum atomic E-state index is 12.1. The van der Waals surface area contributed by atoms with Crippen LogP contribution in [0.4, 0.5) is 11.4 Å². The minimum absolute atomic E-state index is 0. The number of nitrogens with zero attached hydrogens (tertiary/aromatic N) is 2. The van der Waals surface area contributed by atoms with Crippen molar-refractivity contribution in [1.29, 1.82) is 0 Å². The van der Waals surface area contributed by atoms with Gasteiger partial charge in [0, 0.05) is 23.3 Å². The second kappa shape index (κ2) is 12.3. The van der Waals surface area contributed by atoms with Gasteiger partial charge >= 0.3 is 0 Å². The molecule has 0 saturated carbocycles. The zero-order valence-electron chi connectivity index (χ0n) is 18.2. The van der Waals surface area contributed by atoms with Crippen LogP contribution >= 0.6 is 0 Å². The Balaban J connectivity index is 0.000000240. The van der Waals surface area contributed by atoms with Gasteiger partial charge in [0.2, 0.25) is 0 Å². The van der Waals surface area contributed by atoms with E-state index in [2.05, 4.69) is 0 Å². The Hall–Kier alpha value is -5.02. The predicted molar refractivity (Wildman–Crippen MR) is 130 cm³/mol. The fourth-order valence-electron chi connectivity index (χ4n) is 3.14. The van der Waals surface area contributed by atoms with Gasteiger partial charge in [0.25, 0.3) is 11.4 Å². The Bertz CT molecular complexity index is 1240. The van der Waals surface area contributed by atoms with Crippen LogP contribution in [0, 0.1) is 20.2 Å². The van der Waals surface area contributed by atoms with Gasteiger partial charge in [0.1, 0.15) is 11.1 Å². The molecule has 0 spiro atoms. The Morgan fingerprint density at radius 2 is 0.771 bits per heavy atom. The van der Waals surface area contributed by atoms with Crippen molar-refractivity contribution in [3.63, 3.8) is 0 Å². The van der Waals surface area contributed by atoms with E-state index in [4.69, 9.17) is 0 Å². The zero-order chi connectivity index (χ0) is 24.5. The number of carbonyl (C=O) groups is 2. The Morgan fingerprint density at radius 3 is 1.09 bits per heavy atom. The molecule has 35 heavy (non-hydrogen) atoms. The fourth-order valence-corrected chi connectivity index (χ4v) is 3.14. The van der Waals surface area contributed by atoms with Crippen molar-refractivity contribution in [2.75, 3.05) is 0 Å². The topological polar surface area (TPSA) is 152 Å². The first-order valence-electron chi connectivity index (χ1n) is 10.1. The minimum atomic E-state index is -0.545. The number of nitro groups is 2. The first-order valence-corrected chi connectivity index (χ1v) is 10.1. The molecule has 0 amide bonds. The molecule has 4 aromatic carbocycles. The summed E-state index contributed by atoms with van der Waals surface area (Å²) >= 11 is 0. The summed E-state index contributed by atoms with van der Waals surface area (Å²) in [7, 11) is 0. The van der Waals surface area contributed by atoms with Gasteiger partial charge in [0.15, 0.2) is 11.6 Å². The quantitative estimate of drug-likeness (QED) is 0.223. The lowest BCUT2D eigenvalue weighted by molar-refractivity contribution is -0.385. The molecule has 9 heteroatoms. The van der Waals surface area contributed by atoms with E-state index < -0.39 is 9.85 Å². The van der Waals surface area contributed by atoms with E-state index in [1.54, 1.807) is 84.9 Å². The maximum absolute atomic E-state index is 12.1. The van der Waals surface area contributed by atoms with Gasteiger partial charge in [-0.25, -0.2) is 0 Å². The van der Waals surface area contributed by atoms with E-state index in [9.17, 15) is 29.8 Å². The van der Waals surface area contributed by atoms with Crippen molar-refractivity contribution >= 4 is 22.9 Å². The van der Waals surface area contributed by atoms with Gasteiger partial charge in [-0.2, -0.15) is 0 Å². The molecule has 0 bridgehead atoms. The molecular weight excluding hydrogens is 452 g/mol. The highest BCUT2D eigenvalue weighted by atomic mass is 16.6. The predicted octanol–water partition coefficient (Wildman–Crippen LogP) is 4.83. The zero-order valence-corrected chi connectivity index (χ0v) is 18.2. The number of carbonyl (C=O) groups excluding carboxylic acids is 2. The van der Waals surface area contributed by atoms with Gasteiger partial charge in [-0.3, -0.25) is 29.8 Å². The van der Waals surface area contributed by atoms with E-state index in [0.717, 1.165) is 0 Å². The highest BCUT2D eigenvalue weighted by Crippen LogP contribution is 2.22. The molecule has 4 rings (SSSR count). The lowest BCUT2D eigenvalue weighted by Crippen LogP contribution is -2.04. The van der Waals surface area contributed by atoms with Crippen molar-refractivity contribution in [2.24, 2.45) is 0 Å². The van der Waals surface area contributed by atoms with E-state index in [1.807, 2.05) is 0 Å². The summed E-state index contributed by atoms with van der Waals surface area (Å²) in [5.74, 6) is -0.671. The summed E-state index contributed by atoms with van der Waals surface area (Å²) in [6.07, 6.45) is 0. The van der Waals surface area contributed by atoms with Crippen LogP contribution in [0.25, 0.3) is 0 Å². The third-order valence-electron chi connectivity index (χ3n) is 4.76. The molecule has 4 aromatic rings. The normalized spacial score (nSPS) is 9.60. The maximum Gasteiger partial charge on any atom is 0.280 e. The number of nitro benzene ring substituents is 2. The summed E-state index contributed by atoms with van der Waals surface area (Å²) in [5, 5.41) is 21.6. The third-order valence-corrected chi connectivity index (χ3v) is 4.76. The highest BCUT2D eigenvalue weighted by molar-refractivity contribution is 6.12. The molecule has 0 aliphatic carbocycles. The van der Waals surface area contributed by atoms with Gasteiger partial charge in [-0.1, -0.05) is 84.9 Å². The van der Waals surface area contributed by atoms with Gasteiger partial charge in [-0.05, 0) is 12.1 Å². The molecule has 0 radical (unpaired) electrons. The third kappa shape index (κ3) is 6.50. The van der Waals surface area contributed by atoms with Crippen LogP contribution in [0.3, 0.4) is 0 Å². The smallest absolute Gasteiger partial charge is 0.280 e. The molecule has 0 saturated heterocycles. The van der Waals surface area contributed by atoms with Crippen LogP contribution in [-0.2, 0) is 0 Å². The number of rotatable bonds is 6. The first-order chi connectivity index (χ1) is 16.4. The van der Waals surface area contributed by atoms with E-state index in [-0.39, 0.29) is 39.5 Å². The number of hydrogen-bond donors (Lipinski definition) is 0. The lowest BCUT2D eigenvalue weighted by atomic mass is 10.0. The number of hydrogen-bond acceptors (Lipinski definition) is 6. The van der Waals surface area contributed by atoms with Crippen molar-refractivity contribution < 1.29 is 24.9 Å². The van der Waals surface area contributed by atoms with Crippen LogP contribution < -0.4 is 0 Å². The second-order valence-corrected chi connectivity index (χ2v) is 6.94. The number of ketones is 2. The molecule has 0 heterocycles. The Morgan fingerprint density at radius 1 is 0.486 bits per heavy atom. The van der Waals surface area contributed by atoms with Crippen molar-refractivity contribution in [3.05, 3.63) is 152 Å². The lowest BCUT2D eigenvalue weighted by Gasteiger charge is -2.01. The van der Waals surface area contributed by atoms with Crippen LogP contribution in [0.1, 0.15) is 31.8 Å². The molecule has 0 unspecified atom stereocenters. The molecule has 0 aliphatic rings. The van der Waals surface area contributed by atoms with Crippen LogP contribution in [0.15, 0.2) is 109 Å². The molecule has 9 nitrogen and oxygen atoms in total. The standard InChI is InChI=1S/2C13H9NO3.H2O/c2*15-13(10-6-2-1-3-7-10)11-8-4-5-9-12(11)14(16)17;/h2*1-9H;1H2. The van der Waals surface area contributed by atoms with Crippen molar-refractivity contribution in [3.8, 4) is 0 Å². The monoisotopic (exact) mass is 472 g/mol. The summed E-state index contributed by atoms with van der Waals surface area (Å²) < 4.78 is 0. The van der Waals surface area contributed by atoms with Crippen molar-refractivity contribution in [1.82, 2.24) is 0 Å². The Kier molecular flexibility index (Phi) is 9.21.